The number of hydrogen-bond donors (Lipinski definition) is 0. The number of benzene rings is 2. The molecular formula is C21H21FN2O3. The number of aromatic nitrogens is 1. The van der Waals surface area contributed by atoms with E-state index in [-0.39, 0.29) is 18.3 Å². The number of halogens is 1. The van der Waals surface area contributed by atoms with Gasteiger partial charge in [-0.05, 0) is 43.7 Å². The second-order valence-electron chi connectivity index (χ2n) is 6.38. The average Bonchev–Trinajstić information content (AvgIpc) is 2.97. The molecule has 6 heteroatoms. The number of para-hydroxylation sites is 1. The van der Waals surface area contributed by atoms with E-state index < -0.39 is 0 Å². The van der Waals surface area contributed by atoms with Gasteiger partial charge in [0.2, 0.25) is 0 Å². The zero-order chi connectivity index (χ0) is 19.4. The lowest BCUT2D eigenvalue weighted by Crippen LogP contribution is -2.26. The molecule has 0 aliphatic carbocycles. The fraction of sp³-hybridized carbons (Fsp3) is 0.238. The Hall–Kier alpha value is -3.15. The quantitative estimate of drug-likeness (QED) is 0.652. The number of nitrogens with zero attached hydrogens (tertiary/aromatic N) is 2. The lowest BCUT2D eigenvalue weighted by atomic mass is 10.1. The fourth-order valence-corrected chi connectivity index (χ4v) is 2.81. The number of ether oxygens (including phenoxy) is 1. The molecule has 3 rings (SSSR count). The maximum absolute atomic E-state index is 13.4. The third kappa shape index (κ3) is 4.34. The van der Waals surface area contributed by atoms with Gasteiger partial charge in [-0.1, -0.05) is 29.4 Å². The number of carbonyl (C=O) groups is 1. The van der Waals surface area contributed by atoms with E-state index in [1.807, 2.05) is 19.9 Å². The molecule has 1 heterocycles. The standard InChI is InChI=1S/C21H21FN2O3/c1-14-19(15(2)27-23-14)13-26-20-10-5-4-9-18(20)21(25)24(3)12-16-7-6-8-17(22)11-16/h4-11H,12-13H2,1-3H3. The summed E-state index contributed by atoms with van der Waals surface area (Å²) in [5, 5.41) is 3.91. The van der Waals surface area contributed by atoms with E-state index in [0.717, 1.165) is 16.8 Å². The van der Waals surface area contributed by atoms with Crippen molar-refractivity contribution in [3.8, 4) is 5.75 Å². The summed E-state index contributed by atoms with van der Waals surface area (Å²) >= 11 is 0. The normalized spacial score (nSPS) is 10.7. The first-order valence-corrected chi connectivity index (χ1v) is 8.59. The minimum absolute atomic E-state index is 0.200. The van der Waals surface area contributed by atoms with Gasteiger partial charge in [-0.2, -0.15) is 0 Å². The first-order valence-electron chi connectivity index (χ1n) is 8.59. The highest BCUT2D eigenvalue weighted by atomic mass is 19.1. The van der Waals surface area contributed by atoms with Gasteiger partial charge in [0.25, 0.3) is 5.91 Å². The molecule has 0 aliphatic rings. The van der Waals surface area contributed by atoms with Crippen LogP contribution in [0.15, 0.2) is 53.1 Å². The highest BCUT2D eigenvalue weighted by molar-refractivity contribution is 5.96. The largest absolute Gasteiger partial charge is 0.488 e. The molecule has 0 spiro atoms. The predicted molar refractivity (Wildman–Crippen MR) is 98.9 cm³/mol. The molecule has 27 heavy (non-hydrogen) atoms. The molecule has 0 atom stereocenters. The summed E-state index contributed by atoms with van der Waals surface area (Å²) in [6, 6.07) is 13.3. The molecule has 3 aromatic rings. The average molecular weight is 368 g/mol. The number of amides is 1. The molecule has 140 valence electrons. The van der Waals surface area contributed by atoms with Crippen LogP contribution in [0.4, 0.5) is 4.39 Å². The Bertz CT molecular complexity index is 933. The molecule has 0 aliphatic heterocycles. The molecule has 1 amide bonds. The third-order valence-electron chi connectivity index (χ3n) is 4.33. The molecule has 0 N–H and O–H groups in total. The lowest BCUT2D eigenvalue weighted by molar-refractivity contribution is 0.0780. The monoisotopic (exact) mass is 368 g/mol. The van der Waals surface area contributed by atoms with Crippen LogP contribution in [0.1, 0.15) is 32.9 Å². The Morgan fingerprint density at radius 1 is 1.19 bits per heavy atom. The molecule has 0 saturated heterocycles. The zero-order valence-electron chi connectivity index (χ0n) is 15.5. The summed E-state index contributed by atoms with van der Waals surface area (Å²) in [6.07, 6.45) is 0. The van der Waals surface area contributed by atoms with E-state index in [0.29, 0.717) is 23.6 Å². The number of aryl methyl sites for hydroxylation is 2. The molecule has 1 aromatic heterocycles. The minimum atomic E-state index is -0.323. The number of rotatable bonds is 6. The van der Waals surface area contributed by atoms with Crippen molar-refractivity contribution in [3.63, 3.8) is 0 Å². The van der Waals surface area contributed by atoms with Crippen molar-refractivity contribution in [1.29, 1.82) is 0 Å². The van der Waals surface area contributed by atoms with Crippen molar-refractivity contribution in [2.75, 3.05) is 7.05 Å². The van der Waals surface area contributed by atoms with E-state index in [9.17, 15) is 9.18 Å². The maximum atomic E-state index is 13.4. The van der Waals surface area contributed by atoms with Crippen molar-refractivity contribution in [1.82, 2.24) is 10.1 Å². The van der Waals surface area contributed by atoms with E-state index in [1.165, 1.54) is 17.0 Å². The minimum Gasteiger partial charge on any atom is -0.488 e. The summed E-state index contributed by atoms with van der Waals surface area (Å²) in [5.41, 5.74) is 2.80. The zero-order valence-corrected chi connectivity index (χ0v) is 15.5. The van der Waals surface area contributed by atoms with Gasteiger partial charge in [-0.25, -0.2) is 4.39 Å². The summed E-state index contributed by atoms with van der Waals surface area (Å²) in [7, 11) is 1.68. The van der Waals surface area contributed by atoms with Gasteiger partial charge in [0.05, 0.1) is 16.8 Å². The van der Waals surface area contributed by atoms with Gasteiger partial charge in [-0.3, -0.25) is 4.79 Å². The van der Waals surface area contributed by atoms with Crippen LogP contribution < -0.4 is 4.74 Å². The van der Waals surface area contributed by atoms with Gasteiger partial charge >= 0.3 is 0 Å². The number of hydrogen-bond acceptors (Lipinski definition) is 4. The van der Waals surface area contributed by atoms with Crippen LogP contribution in [0, 0.1) is 19.7 Å². The molecular weight excluding hydrogens is 347 g/mol. The summed E-state index contributed by atoms with van der Waals surface area (Å²) in [5.74, 6) is 0.651. The molecule has 0 fully saturated rings. The van der Waals surface area contributed by atoms with Crippen LogP contribution in [0.3, 0.4) is 0 Å². The molecule has 0 bridgehead atoms. The Labute approximate surface area is 157 Å². The highest BCUT2D eigenvalue weighted by Gasteiger charge is 2.18. The van der Waals surface area contributed by atoms with Gasteiger partial charge in [0, 0.05) is 13.6 Å². The van der Waals surface area contributed by atoms with Crippen molar-refractivity contribution < 1.29 is 18.4 Å². The first-order chi connectivity index (χ1) is 13.0. The van der Waals surface area contributed by atoms with Crippen LogP contribution >= 0.6 is 0 Å². The van der Waals surface area contributed by atoms with Crippen molar-refractivity contribution in [2.24, 2.45) is 0 Å². The lowest BCUT2D eigenvalue weighted by Gasteiger charge is -2.19. The summed E-state index contributed by atoms with van der Waals surface area (Å²) in [6.45, 7) is 4.23. The Kier molecular flexibility index (Phi) is 5.54. The SMILES string of the molecule is Cc1noc(C)c1COc1ccccc1C(=O)N(C)Cc1cccc(F)c1. The van der Waals surface area contributed by atoms with Crippen LogP contribution in [0.5, 0.6) is 5.75 Å². The van der Waals surface area contributed by atoms with E-state index in [2.05, 4.69) is 5.16 Å². The highest BCUT2D eigenvalue weighted by Crippen LogP contribution is 2.23. The van der Waals surface area contributed by atoms with Crippen LogP contribution in [0.25, 0.3) is 0 Å². The van der Waals surface area contributed by atoms with Crippen molar-refractivity contribution in [3.05, 3.63) is 82.5 Å². The predicted octanol–water partition coefficient (Wildman–Crippen LogP) is 4.28. The van der Waals surface area contributed by atoms with Crippen molar-refractivity contribution >= 4 is 5.91 Å². The Morgan fingerprint density at radius 2 is 1.96 bits per heavy atom. The smallest absolute Gasteiger partial charge is 0.257 e. The van der Waals surface area contributed by atoms with Gasteiger partial charge < -0.3 is 14.2 Å². The summed E-state index contributed by atoms with van der Waals surface area (Å²) < 4.78 is 24.4. The van der Waals surface area contributed by atoms with E-state index in [1.54, 1.807) is 37.4 Å². The van der Waals surface area contributed by atoms with Crippen LogP contribution in [0.2, 0.25) is 0 Å². The Morgan fingerprint density at radius 3 is 2.67 bits per heavy atom. The van der Waals surface area contributed by atoms with Gasteiger partial charge in [0.15, 0.2) is 0 Å². The molecule has 0 unspecified atom stereocenters. The Balaban J connectivity index is 1.75. The number of carbonyl (C=O) groups excluding carboxylic acids is 1. The fourth-order valence-electron chi connectivity index (χ4n) is 2.81. The molecule has 0 saturated carbocycles. The molecule has 2 aromatic carbocycles. The molecule has 0 radical (unpaired) electrons. The van der Waals surface area contributed by atoms with Gasteiger partial charge in [0.1, 0.15) is 23.9 Å². The second kappa shape index (κ2) is 8.03. The van der Waals surface area contributed by atoms with Crippen molar-refractivity contribution in [2.45, 2.75) is 27.0 Å². The first kappa shape index (κ1) is 18.6. The van der Waals surface area contributed by atoms with Crippen LogP contribution in [-0.2, 0) is 13.2 Å². The topological polar surface area (TPSA) is 55.6 Å². The molecule has 5 nitrogen and oxygen atoms in total. The maximum Gasteiger partial charge on any atom is 0.257 e. The second-order valence-corrected chi connectivity index (χ2v) is 6.38. The van der Waals surface area contributed by atoms with E-state index in [4.69, 9.17) is 9.26 Å². The van der Waals surface area contributed by atoms with Gasteiger partial charge in [-0.15, -0.1) is 0 Å². The van der Waals surface area contributed by atoms with E-state index >= 15 is 0 Å². The third-order valence-corrected chi connectivity index (χ3v) is 4.33. The summed E-state index contributed by atoms with van der Waals surface area (Å²) in [4.78, 5) is 14.4. The van der Waals surface area contributed by atoms with Crippen LogP contribution in [-0.4, -0.2) is 23.0 Å².